The minimum atomic E-state index is -3.94. The lowest BCUT2D eigenvalue weighted by Crippen LogP contribution is -2.27. The summed E-state index contributed by atoms with van der Waals surface area (Å²) in [6.45, 7) is 3.49. The van der Waals surface area contributed by atoms with E-state index in [0.29, 0.717) is 23.4 Å². The zero-order valence-electron chi connectivity index (χ0n) is 18.3. The third kappa shape index (κ3) is 4.65. The SMILES string of the molecule is CCS(=O)(=O)Nc1ccccc1C1=NN(S(=O)(=O)c2ccccc2)C(c2ccccc2C)C1. The number of nitrogens with one attached hydrogen (secondary N) is 1. The van der Waals surface area contributed by atoms with E-state index in [2.05, 4.69) is 9.82 Å². The zero-order valence-corrected chi connectivity index (χ0v) is 20.0. The first kappa shape index (κ1) is 23.0. The van der Waals surface area contributed by atoms with Gasteiger partial charge >= 0.3 is 0 Å². The first-order chi connectivity index (χ1) is 15.7. The molecule has 0 aliphatic carbocycles. The van der Waals surface area contributed by atoms with Gasteiger partial charge in [0.25, 0.3) is 10.0 Å². The molecule has 1 N–H and O–H groups in total. The van der Waals surface area contributed by atoms with Crippen LogP contribution in [-0.2, 0) is 20.0 Å². The second-order valence-corrected chi connectivity index (χ2v) is 11.6. The van der Waals surface area contributed by atoms with Crippen LogP contribution in [-0.4, -0.2) is 32.7 Å². The van der Waals surface area contributed by atoms with Crippen molar-refractivity contribution in [3.05, 3.63) is 95.6 Å². The summed E-state index contributed by atoms with van der Waals surface area (Å²) in [5, 5.41) is 4.55. The molecule has 1 unspecified atom stereocenters. The maximum Gasteiger partial charge on any atom is 0.279 e. The van der Waals surface area contributed by atoms with Crippen LogP contribution in [0.15, 0.2) is 88.9 Å². The van der Waals surface area contributed by atoms with Gasteiger partial charge in [-0.05, 0) is 43.2 Å². The van der Waals surface area contributed by atoms with Crippen molar-refractivity contribution in [2.45, 2.75) is 31.2 Å². The van der Waals surface area contributed by atoms with E-state index in [1.165, 1.54) is 0 Å². The molecule has 0 fully saturated rings. The van der Waals surface area contributed by atoms with Gasteiger partial charge in [0.1, 0.15) is 0 Å². The van der Waals surface area contributed by atoms with E-state index in [1.54, 1.807) is 61.5 Å². The molecule has 0 bridgehead atoms. The number of sulfonamides is 2. The summed E-state index contributed by atoms with van der Waals surface area (Å²) >= 11 is 0. The van der Waals surface area contributed by atoms with Crippen LogP contribution in [0, 0.1) is 6.92 Å². The van der Waals surface area contributed by atoms with E-state index in [0.717, 1.165) is 15.5 Å². The van der Waals surface area contributed by atoms with Crippen LogP contribution in [0.1, 0.15) is 36.1 Å². The molecular weight excluding hydrogens is 458 g/mol. The predicted molar refractivity (Wildman–Crippen MR) is 130 cm³/mol. The number of anilines is 1. The van der Waals surface area contributed by atoms with E-state index in [9.17, 15) is 16.8 Å². The Labute approximate surface area is 194 Å². The van der Waals surface area contributed by atoms with E-state index < -0.39 is 26.1 Å². The van der Waals surface area contributed by atoms with Crippen molar-refractivity contribution >= 4 is 31.4 Å². The molecule has 7 nitrogen and oxygen atoms in total. The highest BCUT2D eigenvalue weighted by molar-refractivity contribution is 7.92. The Hall–Kier alpha value is -3.17. The quantitative estimate of drug-likeness (QED) is 0.542. The Morgan fingerprint density at radius 2 is 1.55 bits per heavy atom. The van der Waals surface area contributed by atoms with E-state index in [1.807, 2.05) is 31.2 Å². The van der Waals surface area contributed by atoms with Crippen LogP contribution < -0.4 is 4.72 Å². The molecule has 0 amide bonds. The van der Waals surface area contributed by atoms with Crippen LogP contribution >= 0.6 is 0 Å². The monoisotopic (exact) mass is 483 g/mol. The summed E-state index contributed by atoms with van der Waals surface area (Å²) in [5.41, 5.74) is 3.23. The van der Waals surface area contributed by atoms with Crippen molar-refractivity contribution in [3.63, 3.8) is 0 Å². The largest absolute Gasteiger partial charge is 0.283 e. The molecule has 1 heterocycles. The van der Waals surface area contributed by atoms with Gasteiger partial charge in [0, 0.05) is 12.0 Å². The highest BCUT2D eigenvalue weighted by Gasteiger charge is 2.38. The molecule has 0 spiro atoms. The Morgan fingerprint density at radius 3 is 2.24 bits per heavy atom. The molecule has 1 aliphatic rings. The number of hydrogen-bond donors (Lipinski definition) is 1. The second kappa shape index (κ2) is 8.99. The van der Waals surface area contributed by atoms with Gasteiger partial charge in [0.15, 0.2) is 0 Å². The Balaban J connectivity index is 1.84. The lowest BCUT2D eigenvalue weighted by Gasteiger charge is -2.24. The van der Waals surface area contributed by atoms with Crippen LogP contribution in [0.4, 0.5) is 5.69 Å². The number of hydrazone groups is 1. The molecule has 0 aromatic heterocycles. The van der Waals surface area contributed by atoms with Gasteiger partial charge in [-0.3, -0.25) is 4.72 Å². The topological polar surface area (TPSA) is 95.9 Å². The molecule has 172 valence electrons. The van der Waals surface area contributed by atoms with Crippen molar-refractivity contribution < 1.29 is 16.8 Å². The van der Waals surface area contributed by atoms with Gasteiger partial charge < -0.3 is 0 Å². The summed E-state index contributed by atoms with van der Waals surface area (Å²) in [6.07, 6.45) is 0.307. The average molecular weight is 484 g/mol. The molecule has 0 radical (unpaired) electrons. The third-order valence-electron chi connectivity index (χ3n) is 5.59. The molecular formula is C24H25N3O4S2. The number of hydrogen-bond acceptors (Lipinski definition) is 5. The summed E-state index contributed by atoms with van der Waals surface area (Å²) in [6, 6.07) is 22.1. The van der Waals surface area contributed by atoms with Gasteiger partial charge in [-0.2, -0.15) is 17.9 Å². The van der Waals surface area contributed by atoms with Crippen molar-refractivity contribution in [1.82, 2.24) is 4.41 Å². The number of para-hydroxylation sites is 1. The molecule has 9 heteroatoms. The first-order valence-corrected chi connectivity index (χ1v) is 13.6. The number of benzene rings is 3. The average Bonchev–Trinajstić information content (AvgIpc) is 3.26. The van der Waals surface area contributed by atoms with Crippen LogP contribution in [0.3, 0.4) is 0 Å². The Bertz CT molecular complexity index is 1400. The highest BCUT2D eigenvalue weighted by Crippen LogP contribution is 2.39. The third-order valence-corrected chi connectivity index (χ3v) is 8.58. The van der Waals surface area contributed by atoms with Gasteiger partial charge in [-0.1, -0.05) is 60.7 Å². The standard InChI is InChI=1S/C24H25N3O4S2/c1-3-32(28,29)26-22-16-10-9-15-21(22)23-17-24(20-14-8-7-11-18(20)2)27(25-23)33(30,31)19-12-5-4-6-13-19/h4-16,24,26H,3,17H2,1-2H3. The minimum absolute atomic E-state index is 0.0752. The van der Waals surface area contributed by atoms with Crippen LogP contribution in [0.2, 0.25) is 0 Å². The lowest BCUT2D eigenvalue weighted by molar-refractivity contribution is 0.370. The normalized spacial score (nSPS) is 16.5. The van der Waals surface area contributed by atoms with E-state index in [-0.39, 0.29) is 10.6 Å². The molecule has 0 saturated carbocycles. The van der Waals surface area contributed by atoms with Crippen LogP contribution in [0.25, 0.3) is 0 Å². The molecule has 3 aromatic carbocycles. The van der Waals surface area contributed by atoms with E-state index >= 15 is 0 Å². The fraction of sp³-hybridized carbons (Fsp3) is 0.208. The highest BCUT2D eigenvalue weighted by atomic mass is 32.2. The van der Waals surface area contributed by atoms with Gasteiger partial charge in [-0.25, -0.2) is 8.42 Å². The number of rotatable bonds is 7. The minimum Gasteiger partial charge on any atom is -0.283 e. The van der Waals surface area contributed by atoms with Crippen molar-refractivity contribution in [3.8, 4) is 0 Å². The molecule has 33 heavy (non-hydrogen) atoms. The molecule has 4 rings (SSSR count). The van der Waals surface area contributed by atoms with Crippen molar-refractivity contribution in [1.29, 1.82) is 0 Å². The maximum absolute atomic E-state index is 13.6. The van der Waals surface area contributed by atoms with E-state index in [4.69, 9.17) is 0 Å². The van der Waals surface area contributed by atoms with Gasteiger partial charge in [-0.15, -0.1) is 0 Å². The smallest absolute Gasteiger partial charge is 0.279 e. The zero-order chi connectivity index (χ0) is 23.6. The van der Waals surface area contributed by atoms with Gasteiger partial charge in [0.05, 0.1) is 28.1 Å². The summed E-state index contributed by atoms with van der Waals surface area (Å²) < 4.78 is 55.3. The fourth-order valence-corrected chi connectivity index (χ4v) is 5.93. The molecule has 3 aromatic rings. The summed E-state index contributed by atoms with van der Waals surface area (Å²) in [4.78, 5) is 0.147. The number of aryl methyl sites for hydroxylation is 1. The molecule has 1 atom stereocenters. The van der Waals surface area contributed by atoms with Gasteiger partial charge in [0.2, 0.25) is 10.0 Å². The van der Waals surface area contributed by atoms with Crippen molar-refractivity contribution in [2.24, 2.45) is 5.10 Å². The Morgan fingerprint density at radius 1 is 0.909 bits per heavy atom. The first-order valence-electron chi connectivity index (χ1n) is 10.6. The lowest BCUT2D eigenvalue weighted by atomic mass is 9.95. The maximum atomic E-state index is 13.6. The Kier molecular flexibility index (Phi) is 6.27. The second-order valence-electron chi connectivity index (χ2n) is 7.76. The summed E-state index contributed by atoms with van der Waals surface area (Å²) in [5.74, 6) is -0.0752. The predicted octanol–water partition coefficient (Wildman–Crippen LogP) is 4.30. The number of nitrogens with zero attached hydrogens (tertiary/aromatic N) is 2. The fourth-order valence-electron chi connectivity index (χ4n) is 3.83. The molecule has 0 saturated heterocycles. The van der Waals surface area contributed by atoms with Crippen molar-refractivity contribution in [2.75, 3.05) is 10.5 Å². The molecule has 1 aliphatic heterocycles. The van der Waals surface area contributed by atoms with Crippen LogP contribution in [0.5, 0.6) is 0 Å². The summed E-state index contributed by atoms with van der Waals surface area (Å²) in [7, 11) is -7.46.